The number of carbonyl (C=O) groups excluding carboxylic acids is 1. The first kappa shape index (κ1) is 20.2. The summed E-state index contributed by atoms with van der Waals surface area (Å²) in [4.78, 5) is 12.0. The van der Waals surface area contributed by atoms with Gasteiger partial charge < -0.3 is 14.8 Å². The first-order chi connectivity index (χ1) is 11.3. The molecule has 0 aliphatic heterocycles. The standard InChI is InChI=1S/C17H27N3O3S/c1-12-9-13(2)16(14(3)10-12)23-11-15(21)19-20(4)17(24)18-7-6-8-22-5/h9-10H,6-8,11H2,1-5H3,(H,18,24)(H,19,21). The van der Waals surface area contributed by atoms with Gasteiger partial charge >= 0.3 is 0 Å². The van der Waals surface area contributed by atoms with E-state index in [9.17, 15) is 4.79 Å². The van der Waals surface area contributed by atoms with E-state index in [-0.39, 0.29) is 12.5 Å². The summed E-state index contributed by atoms with van der Waals surface area (Å²) in [7, 11) is 3.34. The lowest BCUT2D eigenvalue weighted by Gasteiger charge is -2.22. The number of rotatable bonds is 7. The number of thiocarbonyl (C=S) groups is 1. The van der Waals surface area contributed by atoms with Gasteiger partial charge in [0.15, 0.2) is 11.7 Å². The highest BCUT2D eigenvalue weighted by atomic mass is 32.1. The van der Waals surface area contributed by atoms with Crippen molar-refractivity contribution in [2.24, 2.45) is 0 Å². The summed E-state index contributed by atoms with van der Waals surface area (Å²) in [5.41, 5.74) is 5.88. The molecule has 0 spiro atoms. The molecule has 1 aromatic rings. The lowest BCUT2D eigenvalue weighted by molar-refractivity contribution is -0.126. The minimum Gasteiger partial charge on any atom is -0.483 e. The third-order valence-corrected chi connectivity index (χ3v) is 3.77. The number of nitrogens with zero attached hydrogens (tertiary/aromatic N) is 1. The van der Waals surface area contributed by atoms with Crippen LogP contribution in [0.3, 0.4) is 0 Å². The Labute approximate surface area is 149 Å². The fourth-order valence-corrected chi connectivity index (χ4v) is 2.48. The lowest BCUT2D eigenvalue weighted by Crippen LogP contribution is -2.49. The van der Waals surface area contributed by atoms with Crippen LogP contribution in [-0.4, -0.2) is 49.9 Å². The van der Waals surface area contributed by atoms with Gasteiger partial charge in [-0.3, -0.25) is 15.2 Å². The molecule has 2 N–H and O–H groups in total. The van der Waals surface area contributed by atoms with E-state index in [1.54, 1.807) is 14.2 Å². The number of amides is 1. The van der Waals surface area contributed by atoms with Gasteiger partial charge in [0.1, 0.15) is 5.75 Å². The van der Waals surface area contributed by atoms with E-state index < -0.39 is 0 Å². The number of aryl methyl sites for hydroxylation is 3. The Morgan fingerprint density at radius 1 is 1.25 bits per heavy atom. The largest absolute Gasteiger partial charge is 0.483 e. The monoisotopic (exact) mass is 353 g/mol. The molecule has 1 amide bonds. The van der Waals surface area contributed by atoms with Gasteiger partial charge in [0.2, 0.25) is 0 Å². The van der Waals surface area contributed by atoms with Crippen LogP contribution in [0.2, 0.25) is 0 Å². The summed E-state index contributed by atoms with van der Waals surface area (Å²) < 4.78 is 10.6. The molecule has 0 aliphatic carbocycles. The Bertz CT molecular complexity index is 555. The summed E-state index contributed by atoms with van der Waals surface area (Å²) in [6.45, 7) is 7.25. The van der Waals surface area contributed by atoms with Crippen molar-refractivity contribution in [2.75, 3.05) is 33.9 Å². The highest BCUT2D eigenvalue weighted by molar-refractivity contribution is 7.80. The number of benzene rings is 1. The van der Waals surface area contributed by atoms with Crippen molar-refractivity contribution in [1.82, 2.24) is 15.8 Å². The average Bonchev–Trinajstić information content (AvgIpc) is 2.50. The molecule has 7 heteroatoms. The minimum atomic E-state index is -0.266. The van der Waals surface area contributed by atoms with Crippen LogP contribution in [0.1, 0.15) is 23.1 Å². The van der Waals surface area contributed by atoms with E-state index in [0.717, 1.165) is 23.3 Å². The van der Waals surface area contributed by atoms with Gasteiger partial charge in [-0.1, -0.05) is 17.7 Å². The molecular formula is C17H27N3O3S. The van der Waals surface area contributed by atoms with Crippen LogP contribution in [0.5, 0.6) is 5.75 Å². The topological polar surface area (TPSA) is 62.8 Å². The number of hydrazine groups is 1. The second-order valence-corrected chi connectivity index (χ2v) is 6.08. The highest BCUT2D eigenvalue weighted by Crippen LogP contribution is 2.24. The van der Waals surface area contributed by atoms with Crippen LogP contribution in [0.25, 0.3) is 0 Å². The summed E-state index contributed by atoms with van der Waals surface area (Å²) in [6.07, 6.45) is 0.841. The Hall–Kier alpha value is -1.86. The van der Waals surface area contributed by atoms with Gasteiger partial charge in [-0.2, -0.15) is 0 Å². The van der Waals surface area contributed by atoms with Gasteiger partial charge in [-0.05, 0) is 50.5 Å². The van der Waals surface area contributed by atoms with Crippen molar-refractivity contribution in [2.45, 2.75) is 27.2 Å². The van der Waals surface area contributed by atoms with E-state index in [4.69, 9.17) is 21.7 Å². The zero-order valence-electron chi connectivity index (χ0n) is 15.1. The molecule has 1 rings (SSSR count). The van der Waals surface area contributed by atoms with Crippen LogP contribution >= 0.6 is 12.2 Å². The van der Waals surface area contributed by atoms with Crippen LogP contribution < -0.4 is 15.5 Å². The maximum atomic E-state index is 12.0. The zero-order valence-corrected chi connectivity index (χ0v) is 15.9. The first-order valence-electron chi connectivity index (χ1n) is 7.85. The molecule has 0 fully saturated rings. The molecule has 134 valence electrons. The molecule has 0 atom stereocenters. The molecule has 0 aromatic heterocycles. The molecule has 0 saturated carbocycles. The maximum Gasteiger partial charge on any atom is 0.276 e. The maximum absolute atomic E-state index is 12.0. The van der Waals surface area contributed by atoms with E-state index >= 15 is 0 Å². The van der Waals surface area contributed by atoms with E-state index in [0.29, 0.717) is 18.3 Å². The van der Waals surface area contributed by atoms with Crippen LogP contribution in [0, 0.1) is 20.8 Å². The third kappa shape index (κ3) is 6.72. The number of nitrogens with one attached hydrogen (secondary N) is 2. The summed E-state index contributed by atoms with van der Waals surface area (Å²) >= 11 is 5.20. The zero-order chi connectivity index (χ0) is 18.1. The van der Waals surface area contributed by atoms with Gasteiger partial charge in [-0.15, -0.1) is 0 Å². The van der Waals surface area contributed by atoms with Gasteiger partial charge in [0, 0.05) is 27.3 Å². The average molecular weight is 353 g/mol. The molecule has 0 radical (unpaired) electrons. The molecular weight excluding hydrogens is 326 g/mol. The summed E-state index contributed by atoms with van der Waals surface area (Å²) in [6, 6.07) is 4.07. The van der Waals surface area contributed by atoms with Crippen molar-refractivity contribution in [3.63, 3.8) is 0 Å². The van der Waals surface area contributed by atoms with Gasteiger partial charge in [0.05, 0.1) is 0 Å². The minimum absolute atomic E-state index is 0.0681. The van der Waals surface area contributed by atoms with E-state index in [1.165, 1.54) is 10.6 Å². The van der Waals surface area contributed by atoms with Crippen molar-refractivity contribution in [3.8, 4) is 5.75 Å². The lowest BCUT2D eigenvalue weighted by atomic mass is 10.1. The molecule has 0 heterocycles. The second kappa shape index (κ2) is 10.1. The molecule has 1 aromatic carbocycles. The fourth-order valence-electron chi connectivity index (χ4n) is 2.33. The Morgan fingerprint density at radius 2 is 1.88 bits per heavy atom. The SMILES string of the molecule is COCCCNC(=S)N(C)NC(=O)COc1c(C)cc(C)cc1C. The first-order valence-corrected chi connectivity index (χ1v) is 8.26. The van der Waals surface area contributed by atoms with Crippen LogP contribution in [-0.2, 0) is 9.53 Å². The predicted molar refractivity (Wildman–Crippen MR) is 99.1 cm³/mol. The number of hydrogen-bond acceptors (Lipinski definition) is 4. The molecule has 6 nitrogen and oxygen atoms in total. The van der Waals surface area contributed by atoms with Crippen molar-refractivity contribution < 1.29 is 14.3 Å². The molecule has 0 unspecified atom stereocenters. The number of ether oxygens (including phenoxy) is 2. The molecule has 0 saturated heterocycles. The van der Waals surface area contributed by atoms with E-state index in [2.05, 4.69) is 10.7 Å². The summed E-state index contributed by atoms with van der Waals surface area (Å²) in [5.74, 6) is 0.483. The Morgan fingerprint density at radius 3 is 2.46 bits per heavy atom. The van der Waals surface area contributed by atoms with Crippen LogP contribution in [0.15, 0.2) is 12.1 Å². The highest BCUT2D eigenvalue weighted by Gasteiger charge is 2.11. The molecule has 0 aliphatic rings. The predicted octanol–water partition coefficient (Wildman–Crippen LogP) is 1.86. The quantitative estimate of drug-likeness (QED) is 0.443. The van der Waals surface area contributed by atoms with Gasteiger partial charge in [0.25, 0.3) is 5.91 Å². The Kier molecular flexibility index (Phi) is 8.49. The number of methoxy groups -OCH3 is 1. The smallest absolute Gasteiger partial charge is 0.276 e. The number of hydrogen-bond donors (Lipinski definition) is 2. The molecule has 24 heavy (non-hydrogen) atoms. The summed E-state index contributed by atoms with van der Waals surface area (Å²) in [5, 5.41) is 4.96. The number of carbonyl (C=O) groups is 1. The Balaban J connectivity index is 2.42. The second-order valence-electron chi connectivity index (χ2n) is 5.69. The third-order valence-electron chi connectivity index (χ3n) is 3.35. The van der Waals surface area contributed by atoms with Crippen LogP contribution in [0.4, 0.5) is 0 Å². The normalized spacial score (nSPS) is 10.2. The van der Waals surface area contributed by atoms with Crippen molar-refractivity contribution in [1.29, 1.82) is 0 Å². The van der Waals surface area contributed by atoms with Crippen molar-refractivity contribution in [3.05, 3.63) is 28.8 Å². The van der Waals surface area contributed by atoms with E-state index in [1.807, 2.05) is 32.9 Å². The van der Waals surface area contributed by atoms with Crippen molar-refractivity contribution >= 4 is 23.2 Å². The van der Waals surface area contributed by atoms with Gasteiger partial charge in [-0.25, -0.2) is 0 Å². The fraction of sp³-hybridized carbons (Fsp3) is 0.529. The molecule has 0 bridgehead atoms.